The van der Waals surface area contributed by atoms with Crippen LogP contribution < -0.4 is 11.1 Å². The van der Waals surface area contributed by atoms with E-state index in [2.05, 4.69) is 5.32 Å². The molecule has 6 heteroatoms. The van der Waals surface area contributed by atoms with Crippen LogP contribution in [-0.2, 0) is 4.74 Å². The SMILES string of the molecule is CC(C)(C)OC(=O)n1ccc2cc(NC(N)=O)ccc21. The summed E-state index contributed by atoms with van der Waals surface area (Å²) < 4.78 is 6.74. The van der Waals surface area contributed by atoms with Crippen LogP contribution in [0.3, 0.4) is 0 Å². The molecule has 0 saturated heterocycles. The van der Waals surface area contributed by atoms with Gasteiger partial charge in [0.15, 0.2) is 0 Å². The molecule has 0 aliphatic carbocycles. The highest BCUT2D eigenvalue weighted by molar-refractivity contribution is 5.94. The zero-order chi connectivity index (χ0) is 14.9. The van der Waals surface area contributed by atoms with E-state index in [0.29, 0.717) is 11.2 Å². The van der Waals surface area contributed by atoms with Crippen molar-refractivity contribution in [2.45, 2.75) is 26.4 Å². The highest BCUT2D eigenvalue weighted by atomic mass is 16.6. The number of anilines is 1. The lowest BCUT2D eigenvalue weighted by Crippen LogP contribution is -2.26. The van der Waals surface area contributed by atoms with Crippen LogP contribution >= 0.6 is 0 Å². The first-order valence-corrected chi connectivity index (χ1v) is 6.17. The molecule has 1 aromatic heterocycles. The first kappa shape index (κ1) is 13.9. The normalized spacial score (nSPS) is 11.3. The Balaban J connectivity index is 2.33. The minimum absolute atomic E-state index is 0.442. The average molecular weight is 275 g/mol. The predicted octanol–water partition coefficient (Wildman–Crippen LogP) is 2.92. The maximum absolute atomic E-state index is 12.0. The van der Waals surface area contributed by atoms with Crippen LogP contribution in [0.4, 0.5) is 15.3 Å². The quantitative estimate of drug-likeness (QED) is 0.838. The van der Waals surface area contributed by atoms with Crippen LogP contribution in [0.5, 0.6) is 0 Å². The third-order valence-corrected chi connectivity index (χ3v) is 2.55. The van der Waals surface area contributed by atoms with E-state index in [4.69, 9.17) is 10.5 Å². The highest BCUT2D eigenvalue weighted by Gasteiger charge is 2.18. The summed E-state index contributed by atoms with van der Waals surface area (Å²) in [7, 11) is 0. The molecule has 20 heavy (non-hydrogen) atoms. The average Bonchev–Trinajstić information content (AvgIpc) is 2.68. The van der Waals surface area contributed by atoms with Crippen molar-refractivity contribution in [3.05, 3.63) is 30.5 Å². The van der Waals surface area contributed by atoms with E-state index >= 15 is 0 Å². The molecular formula is C14H17N3O3. The standard InChI is InChI=1S/C14H17N3O3/c1-14(2,3)20-13(19)17-7-6-9-8-10(16-12(15)18)4-5-11(9)17/h4-8H,1-3H3,(H3,15,16,18). The number of hydrogen-bond donors (Lipinski definition) is 2. The number of amides is 2. The summed E-state index contributed by atoms with van der Waals surface area (Å²) in [6.45, 7) is 5.43. The molecule has 0 bridgehead atoms. The fourth-order valence-corrected chi connectivity index (χ4v) is 1.83. The Hall–Kier alpha value is -2.50. The van der Waals surface area contributed by atoms with Gasteiger partial charge in [0.2, 0.25) is 0 Å². The number of aromatic nitrogens is 1. The molecule has 0 radical (unpaired) electrons. The van der Waals surface area contributed by atoms with E-state index in [9.17, 15) is 9.59 Å². The molecule has 1 heterocycles. The number of nitrogens with one attached hydrogen (secondary N) is 1. The number of nitrogens with two attached hydrogens (primary N) is 1. The molecule has 3 N–H and O–H groups in total. The zero-order valence-corrected chi connectivity index (χ0v) is 11.6. The van der Waals surface area contributed by atoms with Gasteiger partial charge in [0, 0.05) is 17.3 Å². The van der Waals surface area contributed by atoms with E-state index in [1.54, 1.807) is 30.5 Å². The number of benzene rings is 1. The van der Waals surface area contributed by atoms with E-state index in [-0.39, 0.29) is 0 Å². The van der Waals surface area contributed by atoms with Crippen molar-refractivity contribution in [1.29, 1.82) is 0 Å². The summed E-state index contributed by atoms with van der Waals surface area (Å²) in [5.74, 6) is 0. The van der Waals surface area contributed by atoms with Crippen LogP contribution in [0.15, 0.2) is 30.5 Å². The van der Waals surface area contributed by atoms with Crippen LogP contribution in [0.2, 0.25) is 0 Å². The van der Waals surface area contributed by atoms with Crippen molar-refractivity contribution >= 4 is 28.7 Å². The lowest BCUT2D eigenvalue weighted by molar-refractivity contribution is 0.0544. The van der Waals surface area contributed by atoms with Crippen LogP contribution in [0.1, 0.15) is 20.8 Å². The smallest absolute Gasteiger partial charge is 0.418 e. The van der Waals surface area contributed by atoms with E-state index in [1.807, 2.05) is 20.8 Å². The molecule has 6 nitrogen and oxygen atoms in total. The molecule has 0 aliphatic heterocycles. The van der Waals surface area contributed by atoms with Crippen LogP contribution in [0, 0.1) is 0 Å². The molecule has 0 fully saturated rings. The summed E-state index contributed by atoms with van der Waals surface area (Å²) in [5, 5.41) is 3.29. The fourth-order valence-electron chi connectivity index (χ4n) is 1.83. The second-order valence-electron chi connectivity index (χ2n) is 5.43. The Morgan fingerprint density at radius 3 is 2.55 bits per heavy atom. The molecule has 2 rings (SSSR count). The minimum atomic E-state index is -0.629. The van der Waals surface area contributed by atoms with Crippen LogP contribution in [0.25, 0.3) is 10.9 Å². The number of rotatable bonds is 1. The molecular weight excluding hydrogens is 258 g/mol. The number of hydrogen-bond acceptors (Lipinski definition) is 3. The number of fused-ring (bicyclic) bond motifs is 1. The van der Waals surface area contributed by atoms with Gasteiger partial charge in [-0.2, -0.15) is 0 Å². The molecule has 0 atom stereocenters. The van der Waals surface area contributed by atoms with Crippen molar-refractivity contribution in [1.82, 2.24) is 4.57 Å². The van der Waals surface area contributed by atoms with Gasteiger partial charge in [0.25, 0.3) is 0 Å². The topological polar surface area (TPSA) is 86.3 Å². The molecule has 2 amide bonds. The second kappa shape index (κ2) is 4.88. The van der Waals surface area contributed by atoms with Gasteiger partial charge in [-0.3, -0.25) is 4.57 Å². The molecule has 0 saturated carbocycles. The minimum Gasteiger partial charge on any atom is -0.443 e. The number of carbonyl (C=O) groups is 2. The monoisotopic (exact) mass is 275 g/mol. The van der Waals surface area contributed by atoms with Crippen LogP contribution in [-0.4, -0.2) is 22.3 Å². The first-order chi connectivity index (χ1) is 9.26. The van der Waals surface area contributed by atoms with Crippen molar-refractivity contribution in [2.24, 2.45) is 5.73 Å². The summed E-state index contributed by atoms with van der Waals surface area (Å²) in [4.78, 5) is 22.9. The number of urea groups is 1. The lowest BCUT2D eigenvalue weighted by atomic mass is 10.2. The number of carbonyl (C=O) groups excluding carboxylic acids is 2. The molecule has 0 aliphatic rings. The Bertz CT molecular complexity index is 668. The van der Waals surface area contributed by atoms with E-state index < -0.39 is 17.7 Å². The largest absolute Gasteiger partial charge is 0.443 e. The predicted molar refractivity (Wildman–Crippen MR) is 76.8 cm³/mol. The number of ether oxygens (including phenoxy) is 1. The van der Waals surface area contributed by atoms with Gasteiger partial charge in [-0.15, -0.1) is 0 Å². The van der Waals surface area contributed by atoms with Gasteiger partial charge in [-0.25, -0.2) is 9.59 Å². The van der Waals surface area contributed by atoms with Crippen molar-refractivity contribution < 1.29 is 14.3 Å². The molecule has 0 unspecified atom stereocenters. The second-order valence-corrected chi connectivity index (χ2v) is 5.43. The number of nitrogens with zero attached hydrogens (tertiary/aromatic N) is 1. The summed E-state index contributed by atoms with van der Waals surface area (Å²) in [6.07, 6.45) is 1.19. The Kier molecular flexibility index (Phi) is 3.40. The molecule has 1 aromatic carbocycles. The van der Waals surface area contributed by atoms with E-state index in [0.717, 1.165) is 5.39 Å². The third kappa shape index (κ3) is 3.09. The number of primary amides is 1. The first-order valence-electron chi connectivity index (χ1n) is 6.17. The van der Waals surface area contributed by atoms with Gasteiger partial charge in [-0.1, -0.05) is 0 Å². The summed E-state index contributed by atoms with van der Waals surface area (Å²) >= 11 is 0. The third-order valence-electron chi connectivity index (χ3n) is 2.55. The van der Waals surface area contributed by atoms with Gasteiger partial charge in [-0.05, 0) is 45.0 Å². The van der Waals surface area contributed by atoms with E-state index in [1.165, 1.54) is 4.57 Å². The van der Waals surface area contributed by atoms with Gasteiger partial charge in [0.1, 0.15) is 5.60 Å². The Labute approximate surface area is 116 Å². The fraction of sp³-hybridized carbons (Fsp3) is 0.286. The zero-order valence-electron chi connectivity index (χ0n) is 11.6. The Morgan fingerprint density at radius 1 is 1.25 bits per heavy atom. The van der Waals surface area contributed by atoms with Crippen molar-refractivity contribution in [2.75, 3.05) is 5.32 Å². The molecule has 0 spiro atoms. The van der Waals surface area contributed by atoms with Gasteiger partial charge >= 0.3 is 12.1 Å². The molecule has 106 valence electrons. The summed E-state index contributed by atoms with van der Waals surface area (Å²) in [6, 6.07) is 6.28. The maximum atomic E-state index is 12.0. The Morgan fingerprint density at radius 2 is 1.95 bits per heavy atom. The molecule has 2 aromatic rings. The van der Waals surface area contributed by atoms with Gasteiger partial charge in [0.05, 0.1) is 5.52 Å². The van der Waals surface area contributed by atoms with Gasteiger partial charge < -0.3 is 15.8 Å². The maximum Gasteiger partial charge on any atom is 0.418 e. The highest BCUT2D eigenvalue weighted by Crippen LogP contribution is 2.21. The van der Waals surface area contributed by atoms with Crippen molar-refractivity contribution in [3.8, 4) is 0 Å². The van der Waals surface area contributed by atoms with Crippen molar-refractivity contribution in [3.63, 3.8) is 0 Å². The lowest BCUT2D eigenvalue weighted by Gasteiger charge is -2.19. The summed E-state index contributed by atoms with van der Waals surface area (Å²) in [5.41, 5.74) is 5.79.